The summed E-state index contributed by atoms with van der Waals surface area (Å²) in [6, 6.07) is 0. The highest BCUT2D eigenvalue weighted by Gasteiger charge is 2.05. The van der Waals surface area contributed by atoms with Gasteiger partial charge in [0.1, 0.15) is 19.6 Å². The van der Waals surface area contributed by atoms with Crippen LogP contribution in [0.1, 0.15) is 20.8 Å². The van der Waals surface area contributed by atoms with Crippen LogP contribution >= 0.6 is 7.82 Å². The lowest BCUT2D eigenvalue weighted by Crippen LogP contribution is -2.37. The van der Waals surface area contributed by atoms with Gasteiger partial charge in [0.25, 0.3) is 0 Å². The van der Waals surface area contributed by atoms with Gasteiger partial charge in [-0.15, -0.1) is 0 Å². The first-order valence-electron chi connectivity index (χ1n) is 11.1. The van der Waals surface area contributed by atoms with E-state index in [1.807, 2.05) is 20.8 Å². The molecular formula is C21H54N3O7P. The topological polar surface area (TPSA) is 114 Å². The fourth-order valence-electron chi connectivity index (χ4n) is 1.45. The first-order valence-corrected chi connectivity index (χ1v) is 12.5. The molecule has 200 valence electrons. The maximum atomic E-state index is 8.55. The monoisotopic (exact) mass is 491 g/mol. The van der Waals surface area contributed by atoms with Crippen LogP contribution in [0.25, 0.3) is 0 Å². The molecule has 0 heterocycles. The molecular weight excluding hydrogens is 437 g/mol. The van der Waals surface area contributed by atoms with Crippen LogP contribution in [0.3, 0.4) is 0 Å². The second-order valence-electron chi connectivity index (χ2n) is 10.1. The van der Waals surface area contributed by atoms with Crippen molar-refractivity contribution in [3.05, 3.63) is 0 Å². The predicted octanol–water partition coefficient (Wildman–Crippen LogP) is -0.637. The molecule has 0 saturated heterocycles. The zero-order valence-electron chi connectivity index (χ0n) is 23.0. The van der Waals surface area contributed by atoms with Gasteiger partial charge in [0, 0.05) is 19.8 Å². The van der Waals surface area contributed by atoms with Crippen LogP contribution in [-0.4, -0.2) is 136 Å². The summed E-state index contributed by atoms with van der Waals surface area (Å²) in [4.78, 5) is 25.6. The summed E-state index contributed by atoms with van der Waals surface area (Å²) in [5.41, 5.74) is 0. The Morgan fingerprint density at radius 2 is 0.688 bits per heavy atom. The van der Waals surface area contributed by atoms with E-state index in [-0.39, 0.29) is 0 Å². The maximum absolute atomic E-state index is 8.55. The van der Waals surface area contributed by atoms with Gasteiger partial charge in [0.15, 0.2) is 0 Å². The van der Waals surface area contributed by atoms with Crippen LogP contribution in [0.15, 0.2) is 0 Å². The summed E-state index contributed by atoms with van der Waals surface area (Å²) >= 11 is 0. The first-order chi connectivity index (χ1) is 14.2. The lowest BCUT2D eigenvalue weighted by molar-refractivity contribution is -0.870. The van der Waals surface area contributed by atoms with Gasteiger partial charge in [-0.25, -0.2) is 0 Å². The third kappa shape index (κ3) is 78.0. The number of likely N-dealkylation sites (N-methyl/N-ethyl adjacent to an activating group) is 3. The molecule has 0 spiro atoms. The largest absolute Gasteiger partial charge is 0.822 e. The molecule has 0 radical (unpaired) electrons. The van der Waals surface area contributed by atoms with Gasteiger partial charge >= 0.3 is 0 Å². The molecule has 0 aromatic heterocycles. The van der Waals surface area contributed by atoms with Crippen molar-refractivity contribution in [2.75, 3.05) is 123 Å². The Hall–Kier alpha value is -0.130. The zero-order valence-corrected chi connectivity index (χ0v) is 23.9. The van der Waals surface area contributed by atoms with E-state index in [0.717, 1.165) is 72.7 Å². The Morgan fingerprint density at radius 3 is 0.781 bits per heavy atom. The first kappa shape index (κ1) is 39.1. The van der Waals surface area contributed by atoms with E-state index in [4.69, 9.17) is 33.5 Å². The van der Waals surface area contributed by atoms with Crippen LogP contribution in [0.4, 0.5) is 0 Å². The van der Waals surface area contributed by atoms with Crippen molar-refractivity contribution in [2.45, 2.75) is 20.8 Å². The van der Waals surface area contributed by atoms with E-state index in [9.17, 15) is 0 Å². The summed E-state index contributed by atoms with van der Waals surface area (Å²) < 4.78 is 27.1. The second-order valence-corrected chi connectivity index (χ2v) is 11.0. The van der Waals surface area contributed by atoms with Crippen molar-refractivity contribution in [1.29, 1.82) is 0 Å². The molecule has 0 fully saturated rings. The van der Waals surface area contributed by atoms with E-state index in [0.29, 0.717) is 0 Å². The summed E-state index contributed by atoms with van der Waals surface area (Å²) in [6.45, 7) is 14.5. The number of rotatable bonds is 12. The van der Waals surface area contributed by atoms with Crippen LogP contribution in [0, 0.1) is 0 Å². The molecule has 0 unspecified atom stereocenters. The van der Waals surface area contributed by atoms with Crippen LogP contribution in [0.2, 0.25) is 0 Å². The molecule has 0 aliphatic heterocycles. The molecule has 0 rings (SSSR count). The average Bonchev–Trinajstić information content (AvgIpc) is 2.52. The molecule has 32 heavy (non-hydrogen) atoms. The fraction of sp³-hybridized carbons (Fsp3) is 1.00. The van der Waals surface area contributed by atoms with E-state index in [2.05, 4.69) is 63.4 Å². The van der Waals surface area contributed by atoms with Gasteiger partial charge in [0.05, 0.1) is 83.2 Å². The van der Waals surface area contributed by atoms with Crippen molar-refractivity contribution in [1.82, 2.24) is 0 Å². The van der Waals surface area contributed by atoms with Gasteiger partial charge in [0.2, 0.25) is 0 Å². The van der Waals surface area contributed by atoms with Crippen molar-refractivity contribution < 1.29 is 46.9 Å². The Balaban J connectivity index is -0.000000167. The Morgan fingerprint density at radius 1 is 0.531 bits per heavy atom. The maximum Gasteiger partial charge on any atom is 0.102 e. The fourth-order valence-corrected chi connectivity index (χ4v) is 1.45. The van der Waals surface area contributed by atoms with E-state index < -0.39 is 7.82 Å². The molecule has 0 atom stereocenters. The zero-order chi connectivity index (χ0) is 26.5. The van der Waals surface area contributed by atoms with Gasteiger partial charge < -0.3 is 46.9 Å². The minimum atomic E-state index is -5.39. The predicted molar refractivity (Wildman–Crippen MR) is 126 cm³/mol. The summed E-state index contributed by atoms with van der Waals surface area (Å²) in [6.07, 6.45) is 0. The van der Waals surface area contributed by atoms with Gasteiger partial charge in [-0.2, -0.15) is 7.82 Å². The summed E-state index contributed by atoms with van der Waals surface area (Å²) in [5.74, 6) is 0. The van der Waals surface area contributed by atoms with Crippen molar-refractivity contribution >= 4 is 7.82 Å². The normalized spacial score (nSPS) is 12.0. The Bertz CT molecular complexity index is 373. The Labute approximate surface area is 198 Å². The number of ether oxygens (including phenoxy) is 3. The second kappa shape index (κ2) is 21.4. The number of nitrogens with zero attached hydrogens (tertiary/aromatic N) is 3. The van der Waals surface area contributed by atoms with Gasteiger partial charge in [-0.3, -0.25) is 0 Å². The van der Waals surface area contributed by atoms with Crippen molar-refractivity contribution in [3.63, 3.8) is 0 Å². The van der Waals surface area contributed by atoms with Crippen molar-refractivity contribution in [2.24, 2.45) is 0 Å². The number of quaternary nitrogens is 3. The molecule has 0 bridgehead atoms. The molecule has 0 N–H and O–H groups in total. The highest BCUT2D eigenvalue weighted by atomic mass is 31.2. The number of hydrogen-bond acceptors (Lipinski definition) is 7. The van der Waals surface area contributed by atoms with Crippen LogP contribution < -0.4 is 14.7 Å². The summed E-state index contributed by atoms with van der Waals surface area (Å²) in [5, 5.41) is 0. The lowest BCUT2D eigenvalue weighted by atomic mass is 10.5. The van der Waals surface area contributed by atoms with Crippen LogP contribution in [-0.2, 0) is 18.8 Å². The molecule has 0 aliphatic rings. The molecule has 0 amide bonds. The standard InChI is InChI=1S/3C7H18NO.H3O4P/c3*1-5-9-7-6-8(2,3)4;1-5(2,3)4/h3*5-7H2,1-4H3;(H3,1,2,3,4)/q3*+1;/p-3. The Kier molecular flexibility index (Phi) is 26.2. The summed E-state index contributed by atoms with van der Waals surface area (Å²) in [7, 11) is 14.1. The molecule has 0 saturated carbocycles. The van der Waals surface area contributed by atoms with E-state index in [1.165, 1.54) is 0 Å². The van der Waals surface area contributed by atoms with Gasteiger partial charge in [-0.1, -0.05) is 0 Å². The lowest BCUT2D eigenvalue weighted by Gasteiger charge is -2.36. The molecule has 11 heteroatoms. The number of phosphoric acid groups is 1. The third-order valence-electron chi connectivity index (χ3n) is 3.33. The number of hydrogen-bond donors (Lipinski definition) is 0. The molecule has 0 aliphatic carbocycles. The van der Waals surface area contributed by atoms with Gasteiger partial charge in [-0.05, 0) is 20.8 Å². The minimum Gasteiger partial charge on any atom is -0.822 e. The average molecular weight is 492 g/mol. The third-order valence-corrected chi connectivity index (χ3v) is 3.33. The van der Waals surface area contributed by atoms with Crippen LogP contribution in [0.5, 0.6) is 0 Å². The highest BCUT2D eigenvalue weighted by Crippen LogP contribution is 2.03. The minimum absolute atomic E-state index is 0.833. The molecule has 0 aromatic rings. The molecule has 10 nitrogen and oxygen atoms in total. The van der Waals surface area contributed by atoms with Crippen molar-refractivity contribution in [3.8, 4) is 0 Å². The highest BCUT2D eigenvalue weighted by molar-refractivity contribution is 7.40. The quantitative estimate of drug-likeness (QED) is 0.203. The van der Waals surface area contributed by atoms with E-state index >= 15 is 0 Å². The smallest absolute Gasteiger partial charge is 0.102 e. The SMILES string of the molecule is CCOCC[N+](C)(C)C.CCOCC[N+](C)(C)C.CCOCC[N+](C)(C)C.O=P([O-])([O-])[O-]. The van der Waals surface area contributed by atoms with E-state index in [1.54, 1.807) is 0 Å². The molecule has 0 aromatic carbocycles.